The topological polar surface area (TPSA) is 66.6 Å². The lowest BCUT2D eigenvalue weighted by Crippen LogP contribution is -2.19. The van der Waals surface area contributed by atoms with Crippen molar-refractivity contribution in [3.63, 3.8) is 0 Å². The van der Waals surface area contributed by atoms with E-state index in [-0.39, 0.29) is 5.69 Å². The molecule has 0 amide bonds. The van der Waals surface area contributed by atoms with Crippen LogP contribution in [0, 0.1) is 10.1 Å². The number of aliphatic hydroxyl groups excluding tert-OH is 1. The van der Waals surface area contributed by atoms with E-state index in [9.17, 15) is 15.2 Å². The Kier molecular flexibility index (Phi) is 4.45. The predicted molar refractivity (Wildman–Crippen MR) is 67.3 cm³/mol. The Bertz CT molecular complexity index is 405. The van der Waals surface area contributed by atoms with Crippen molar-refractivity contribution in [3.8, 4) is 0 Å². The van der Waals surface area contributed by atoms with E-state index in [0.717, 1.165) is 13.0 Å². The third kappa shape index (κ3) is 3.17. The molecule has 0 radical (unpaired) electrons. The van der Waals surface area contributed by atoms with Crippen molar-refractivity contribution in [2.75, 3.05) is 18.5 Å². The Morgan fingerprint density at radius 2 is 2.18 bits per heavy atom. The molecule has 0 spiro atoms. The van der Waals surface area contributed by atoms with Crippen molar-refractivity contribution in [2.45, 2.75) is 26.4 Å². The van der Waals surface area contributed by atoms with E-state index in [1.165, 1.54) is 6.07 Å². The SMILES string of the molecule is CCCN(C)c1ccc([C@@H](C)O)cc1[N+](=O)[O-]. The van der Waals surface area contributed by atoms with Crippen LogP contribution in [-0.4, -0.2) is 23.6 Å². The van der Waals surface area contributed by atoms with Gasteiger partial charge in [0.2, 0.25) is 0 Å². The number of aliphatic hydroxyl groups is 1. The summed E-state index contributed by atoms with van der Waals surface area (Å²) in [4.78, 5) is 12.4. The fourth-order valence-electron chi connectivity index (χ4n) is 1.73. The van der Waals surface area contributed by atoms with Crippen LogP contribution in [0.15, 0.2) is 18.2 Å². The summed E-state index contributed by atoms with van der Waals surface area (Å²) >= 11 is 0. The Hall–Kier alpha value is -1.62. The Balaban J connectivity index is 3.17. The van der Waals surface area contributed by atoms with Crippen molar-refractivity contribution in [1.82, 2.24) is 0 Å². The van der Waals surface area contributed by atoms with Crippen LogP contribution in [0.1, 0.15) is 31.9 Å². The molecule has 1 rings (SSSR count). The average molecular weight is 238 g/mol. The van der Waals surface area contributed by atoms with Crippen molar-refractivity contribution in [3.05, 3.63) is 33.9 Å². The van der Waals surface area contributed by atoms with Gasteiger partial charge in [-0.3, -0.25) is 10.1 Å². The minimum absolute atomic E-state index is 0.0411. The van der Waals surface area contributed by atoms with Crippen LogP contribution in [0.2, 0.25) is 0 Å². The van der Waals surface area contributed by atoms with Crippen LogP contribution >= 0.6 is 0 Å². The maximum atomic E-state index is 11.0. The maximum absolute atomic E-state index is 11.0. The number of nitrogens with zero attached hydrogens (tertiary/aromatic N) is 2. The number of anilines is 1. The third-order valence-corrected chi connectivity index (χ3v) is 2.65. The highest BCUT2D eigenvalue weighted by molar-refractivity contribution is 5.64. The lowest BCUT2D eigenvalue weighted by molar-refractivity contribution is -0.384. The second-order valence-corrected chi connectivity index (χ2v) is 4.10. The monoisotopic (exact) mass is 238 g/mol. The minimum atomic E-state index is -0.695. The number of hydrogen-bond donors (Lipinski definition) is 1. The molecule has 5 nitrogen and oxygen atoms in total. The van der Waals surface area contributed by atoms with Crippen LogP contribution in [0.4, 0.5) is 11.4 Å². The molecule has 0 saturated heterocycles. The van der Waals surface area contributed by atoms with Crippen LogP contribution in [0.5, 0.6) is 0 Å². The Morgan fingerprint density at radius 3 is 2.65 bits per heavy atom. The number of rotatable bonds is 5. The highest BCUT2D eigenvalue weighted by atomic mass is 16.6. The van der Waals surface area contributed by atoms with Gasteiger partial charge < -0.3 is 10.0 Å². The summed E-state index contributed by atoms with van der Waals surface area (Å²) in [6, 6.07) is 4.85. The first-order valence-electron chi connectivity index (χ1n) is 5.65. The second-order valence-electron chi connectivity index (χ2n) is 4.10. The molecular weight excluding hydrogens is 220 g/mol. The molecular formula is C12H18N2O3. The summed E-state index contributed by atoms with van der Waals surface area (Å²) in [6.45, 7) is 4.37. The first-order chi connectivity index (χ1) is 7.97. The highest BCUT2D eigenvalue weighted by Gasteiger charge is 2.18. The Labute approximate surface area is 101 Å². The van der Waals surface area contributed by atoms with Gasteiger partial charge in [-0.15, -0.1) is 0 Å². The van der Waals surface area contributed by atoms with Gasteiger partial charge >= 0.3 is 0 Å². The molecule has 1 N–H and O–H groups in total. The first kappa shape index (κ1) is 13.4. The quantitative estimate of drug-likeness (QED) is 0.632. The largest absolute Gasteiger partial charge is 0.389 e. The minimum Gasteiger partial charge on any atom is -0.389 e. The predicted octanol–water partition coefficient (Wildman–Crippen LogP) is 2.49. The lowest BCUT2D eigenvalue weighted by atomic mass is 10.1. The van der Waals surface area contributed by atoms with Gasteiger partial charge in [0.05, 0.1) is 11.0 Å². The molecule has 94 valence electrons. The van der Waals surface area contributed by atoms with Gasteiger partial charge in [0.1, 0.15) is 5.69 Å². The summed E-state index contributed by atoms with van der Waals surface area (Å²) in [5.74, 6) is 0. The van der Waals surface area contributed by atoms with E-state index >= 15 is 0 Å². The molecule has 0 aliphatic rings. The molecule has 1 aromatic carbocycles. The first-order valence-corrected chi connectivity index (χ1v) is 5.65. The van der Waals surface area contributed by atoms with Gasteiger partial charge in [-0.25, -0.2) is 0 Å². The molecule has 0 aromatic heterocycles. The average Bonchev–Trinajstić information content (AvgIpc) is 2.28. The lowest BCUT2D eigenvalue weighted by Gasteiger charge is -2.19. The second kappa shape index (κ2) is 5.63. The van der Waals surface area contributed by atoms with Crippen LogP contribution < -0.4 is 4.90 Å². The van der Waals surface area contributed by atoms with Gasteiger partial charge in [-0.2, -0.15) is 0 Å². The normalized spacial score (nSPS) is 12.2. The van der Waals surface area contributed by atoms with Crippen molar-refractivity contribution >= 4 is 11.4 Å². The highest BCUT2D eigenvalue weighted by Crippen LogP contribution is 2.30. The zero-order chi connectivity index (χ0) is 13.0. The molecule has 0 fully saturated rings. The van der Waals surface area contributed by atoms with Crippen LogP contribution in [0.3, 0.4) is 0 Å². The van der Waals surface area contributed by atoms with Crippen molar-refractivity contribution < 1.29 is 10.0 Å². The van der Waals surface area contributed by atoms with Gasteiger partial charge in [-0.05, 0) is 25.0 Å². The summed E-state index contributed by atoms with van der Waals surface area (Å²) in [7, 11) is 1.83. The molecule has 1 aromatic rings. The number of nitro benzene ring substituents is 1. The van der Waals surface area contributed by atoms with E-state index in [4.69, 9.17) is 0 Å². The van der Waals surface area contributed by atoms with Crippen molar-refractivity contribution in [2.24, 2.45) is 0 Å². The van der Waals surface area contributed by atoms with Gasteiger partial charge in [0.15, 0.2) is 0 Å². The summed E-state index contributed by atoms with van der Waals surface area (Å²) in [6.07, 6.45) is 0.227. The van der Waals surface area contributed by atoms with E-state index in [1.54, 1.807) is 19.1 Å². The van der Waals surface area contributed by atoms with Gasteiger partial charge in [-0.1, -0.05) is 13.0 Å². The molecule has 0 bridgehead atoms. The zero-order valence-corrected chi connectivity index (χ0v) is 10.4. The van der Waals surface area contributed by atoms with Crippen LogP contribution in [0.25, 0.3) is 0 Å². The Morgan fingerprint density at radius 1 is 1.53 bits per heavy atom. The van der Waals surface area contributed by atoms with E-state index in [1.807, 2.05) is 18.9 Å². The molecule has 0 saturated carbocycles. The fraction of sp³-hybridized carbons (Fsp3) is 0.500. The van der Waals surface area contributed by atoms with Gasteiger partial charge in [0, 0.05) is 19.7 Å². The molecule has 1 atom stereocenters. The standard InChI is InChI=1S/C12H18N2O3/c1-4-7-13(3)11-6-5-10(9(2)15)8-12(11)14(16)17/h5-6,8-9,15H,4,7H2,1-3H3/t9-/m1/s1. The summed E-state index contributed by atoms with van der Waals surface area (Å²) < 4.78 is 0. The molecule has 0 unspecified atom stereocenters. The van der Waals surface area contributed by atoms with E-state index in [0.29, 0.717) is 11.3 Å². The molecule has 0 heterocycles. The summed E-state index contributed by atoms with van der Waals surface area (Å²) in [5, 5.41) is 20.4. The molecule has 0 aliphatic heterocycles. The summed E-state index contributed by atoms with van der Waals surface area (Å²) in [5.41, 5.74) is 1.19. The number of nitro groups is 1. The number of hydrogen-bond acceptors (Lipinski definition) is 4. The molecule has 5 heteroatoms. The number of benzene rings is 1. The third-order valence-electron chi connectivity index (χ3n) is 2.65. The van der Waals surface area contributed by atoms with E-state index in [2.05, 4.69) is 0 Å². The molecule has 0 aliphatic carbocycles. The zero-order valence-electron chi connectivity index (χ0n) is 10.4. The van der Waals surface area contributed by atoms with E-state index < -0.39 is 11.0 Å². The maximum Gasteiger partial charge on any atom is 0.292 e. The van der Waals surface area contributed by atoms with Crippen LogP contribution in [-0.2, 0) is 0 Å². The molecule has 17 heavy (non-hydrogen) atoms. The van der Waals surface area contributed by atoms with Gasteiger partial charge in [0.25, 0.3) is 5.69 Å². The van der Waals surface area contributed by atoms with Crippen molar-refractivity contribution in [1.29, 1.82) is 0 Å². The smallest absolute Gasteiger partial charge is 0.292 e. The fourth-order valence-corrected chi connectivity index (χ4v) is 1.73.